The van der Waals surface area contributed by atoms with E-state index in [1.165, 1.54) is 11.0 Å². The first kappa shape index (κ1) is 14.1. The number of carboxylic acid groups (broad SMARTS) is 1. The number of rotatable bonds is 4. The Morgan fingerprint density at radius 1 is 1.15 bits per heavy atom. The van der Waals surface area contributed by atoms with Crippen molar-refractivity contribution in [3.63, 3.8) is 0 Å². The van der Waals surface area contributed by atoms with Crippen LogP contribution in [0.3, 0.4) is 0 Å². The lowest BCUT2D eigenvalue weighted by molar-refractivity contribution is 0.0695. The van der Waals surface area contributed by atoms with E-state index < -0.39 is 11.5 Å². The molecule has 0 atom stereocenters. The fourth-order valence-corrected chi connectivity index (χ4v) is 2.06. The van der Waals surface area contributed by atoms with Gasteiger partial charge in [-0.3, -0.25) is 4.79 Å². The summed E-state index contributed by atoms with van der Waals surface area (Å²) in [6.07, 6.45) is 5.61. The third-order valence-corrected chi connectivity index (χ3v) is 3.48. The number of aromatic nitrogens is 1. The van der Waals surface area contributed by atoms with Crippen molar-refractivity contribution in [2.24, 2.45) is 0 Å². The van der Waals surface area contributed by atoms with E-state index in [4.69, 9.17) is 5.11 Å². The van der Waals surface area contributed by atoms with Gasteiger partial charge in [0, 0.05) is 10.6 Å². The largest absolute Gasteiger partial charge is 0.477 e. The molecule has 2 N–H and O–H groups in total. The summed E-state index contributed by atoms with van der Waals surface area (Å²) in [6, 6.07) is 10.9. The molecule has 0 radical (unpaired) electrons. The minimum absolute atomic E-state index is 0.258. The topological polar surface area (TPSA) is 70.2 Å². The van der Waals surface area contributed by atoms with Crippen LogP contribution in [0.1, 0.15) is 21.6 Å². The smallest absolute Gasteiger partial charge is 0.341 e. The van der Waals surface area contributed by atoms with Crippen molar-refractivity contribution < 1.29 is 9.90 Å². The number of benzene rings is 1. The van der Waals surface area contributed by atoms with Crippen molar-refractivity contribution in [3.8, 4) is 0 Å². The van der Waals surface area contributed by atoms with Gasteiger partial charge in [0.05, 0.1) is 0 Å². The van der Waals surface area contributed by atoms with Crippen molar-refractivity contribution in [2.45, 2.75) is 4.90 Å². The molecule has 4 nitrogen and oxygen atoms in total. The van der Waals surface area contributed by atoms with Gasteiger partial charge in [0.25, 0.3) is 5.56 Å². The molecule has 0 amide bonds. The molecule has 0 saturated carbocycles. The van der Waals surface area contributed by atoms with Gasteiger partial charge in [0.15, 0.2) is 0 Å². The third kappa shape index (κ3) is 3.39. The molecule has 20 heavy (non-hydrogen) atoms. The van der Waals surface area contributed by atoms with Crippen LogP contribution in [-0.4, -0.2) is 22.3 Å². The maximum Gasteiger partial charge on any atom is 0.341 e. The number of H-pyrrole nitrogens is 1. The average Bonchev–Trinajstić information content (AvgIpc) is 2.45. The van der Waals surface area contributed by atoms with Crippen LogP contribution < -0.4 is 5.56 Å². The summed E-state index contributed by atoms with van der Waals surface area (Å²) in [7, 11) is 0. The number of carbonyl (C=O) groups is 1. The van der Waals surface area contributed by atoms with E-state index in [0.29, 0.717) is 5.69 Å². The lowest BCUT2D eigenvalue weighted by Crippen LogP contribution is -2.17. The number of nitrogens with one attached hydrogen (secondary N) is 1. The number of hydrogen-bond donors (Lipinski definition) is 2. The second-order valence-electron chi connectivity index (χ2n) is 4.07. The van der Waals surface area contributed by atoms with Crippen LogP contribution in [0.2, 0.25) is 0 Å². The van der Waals surface area contributed by atoms with Gasteiger partial charge in [0.2, 0.25) is 0 Å². The summed E-state index contributed by atoms with van der Waals surface area (Å²) >= 11 is 1.67. The lowest BCUT2D eigenvalue weighted by Gasteiger charge is -1.98. The minimum atomic E-state index is -1.23. The highest BCUT2D eigenvalue weighted by molar-refractivity contribution is 7.98. The first-order valence-corrected chi connectivity index (χ1v) is 7.11. The lowest BCUT2D eigenvalue weighted by atomic mass is 10.2. The fourth-order valence-electron chi connectivity index (χ4n) is 1.66. The first-order chi connectivity index (χ1) is 9.60. The van der Waals surface area contributed by atoms with Gasteiger partial charge in [0.1, 0.15) is 5.56 Å². The van der Waals surface area contributed by atoms with Gasteiger partial charge in [-0.05, 0) is 42.2 Å². The molecule has 1 aromatic carbocycles. The Labute approximate surface area is 120 Å². The van der Waals surface area contributed by atoms with Crippen molar-refractivity contribution in [1.82, 2.24) is 4.98 Å². The van der Waals surface area contributed by atoms with E-state index in [1.807, 2.05) is 36.6 Å². The molecule has 0 bridgehead atoms. The summed E-state index contributed by atoms with van der Waals surface area (Å²) in [5.41, 5.74) is 0.712. The predicted molar refractivity (Wildman–Crippen MR) is 81.2 cm³/mol. The van der Waals surface area contributed by atoms with Crippen LogP contribution in [0.25, 0.3) is 12.2 Å². The molecule has 5 heteroatoms. The normalized spacial score (nSPS) is 10.8. The van der Waals surface area contributed by atoms with Crippen LogP contribution >= 0.6 is 11.8 Å². The van der Waals surface area contributed by atoms with E-state index in [1.54, 1.807) is 23.9 Å². The molecule has 0 spiro atoms. The zero-order valence-electron chi connectivity index (χ0n) is 10.8. The SMILES string of the molecule is CSc1ccc(/C=C/c2ccc(C(=O)O)c(=O)[nH]2)cc1. The van der Waals surface area contributed by atoms with Gasteiger partial charge in [-0.1, -0.05) is 18.2 Å². The second kappa shape index (κ2) is 6.25. The molecule has 1 heterocycles. The van der Waals surface area contributed by atoms with Crippen LogP contribution in [0, 0.1) is 0 Å². The van der Waals surface area contributed by atoms with Gasteiger partial charge in [-0.25, -0.2) is 4.79 Å². The average molecular weight is 287 g/mol. The molecule has 2 aromatic rings. The summed E-state index contributed by atoms with van der Waals surface area (Å²) in [4.78, 5) is 25.9. The third-order valence-electron chi connectivity index (χ3n) is 2.73. The van der Waals surface area contributed by atoms with E-state index in [-0.39, 0.29) is 5.56 Å². The van der Waals surface area contributed by atoms with Gasteiger partial charge in [-0.15, -0.1) is 11.8 Å². The Morgan fingerprint density at radius 2 is 1.85 bits per heavy atom. The van der Waals surface area contributed by atoms with Crippen molar-refractivity contribution in [1.29, 1.82) is 0 Å². The molecule has 102 valence electrons. The molecular formula is C15H13NO3S. The van der Waals surface area contributed by atoms with E-state index >= 15 is 0 Å². The molecule has 2 rings (SSSR count). The molecule has 0 fully saturated rings. The van der Waals surface area contributed by atoms with Crippen LogP contribution in [0.5, 0.6) is 0 Å². The number of aromatic amines is 1. The summed E-state index contributed by atoms with van der Waals surface area (Å²) < 4.78 is 0. The van der Waals surface area contributed by atoms with Crippen LogP contribution in [0.15, 0.2) is 46.1 Å². The van der Waals surface area contributed by atoms with E-state index in [0.717, 1.165) is 5.56 Å². The number of thioether (sulfide) groups is 1. The van der Waals surface area contributed by atoms with Crippen molar-refractivity contribution >= 4 is 29.9 Å². The van der Waals surface area contributed by atoms with Crippen molar-refractivity contribution in [3.05, 3.63) is 63.6 Å². The molecule has 0 unspecified atom stereocenters. The quantitative estimate of drug-likeness (QED) is 0.848. The van der Waals surface area contributed by atoms with Crippen LogP contribution in [0.4, 0.5) is 0 Å². The minimum Gasteiger partial charge on any atom is -0.477 e. The molecular weight excluding hydrogens is 274 g/mol. The molecule has 1 aromatic heterocycles. The van der Waals surface area contributed by atoms with Gasteiger partial charge in [-0.2, -0.15) is 0 Å². The predicted octanol–water partition coefficient (Wildman–Crippen LogP) is 2.97. The monoisotopic (exact) mass is 287 g/mol. The zero-order valence-corrected chi connectivity index (χ0v) is 11.6. The Bertz CT molecular complexity index is 702. The number of carboxylic acids is 1. The fraction of sp³-hybridized carbons (Fsp3) is 0.0667. The Kier molecular flexibility index (Phi) is 4.42. The number of pyridine rings is 1. The molecule has 0 aliphatic carbocycles. The highest BCUT2D eigenvalue weighted by Gasteiger charge is 2.07. The Hall–Kier alpha value is -2.27. The Morgan fingerprint density at radius 3 is 2.40 bits per heavy atom. The maximum absolute atomic E-state index is 11.5. The first-order valence-electron chi connectivity index (χ1n) is 5.89. The maximum atomic E-state index is 11.5. The molecule has 0 saturated heterocycles. The van der Waals surface area contributed by atoms with Crippen molar-refractivity contribution in [2.75, 3.05) is 6.26 Å². The highest BCUT2D eigenvalue weighted by atomic mass is 32.2. The molecule has 0 aliphatic heterocycles. The van der Waals surface area contributed by atoms with Gasteiger partial charge < -0.3 is 10.1 Å². The highest BCUT2D eigenvalue weighted by Crippen LogP contribution is 2.16. The second-order valence-corrected chi connectivity index (χ2v) is 4.95. The summed E-state index contributed by atoms with van der Waals surface area (Å²) in [6.45, 7) is 0. The Balaban J connectivity index is 2.20. The number of aromatic carboxylic acids is 1. The summed E-state index contributed by atoms with van der Waals surface area (Å²) in [5.74, 6) is -1.23. The van der Waals surface area contributed by atoms with E-state index in [2.05, 4.69) is 4.98 Å². The summed E-state index contributed by atoms with van der Waals surface area (Å²) in [5, 5.41) is 8.77. The molecule has 0 aliphatic rings. The number of hydrogen-bond acceptors (Lipinski definition) is 3. The standard InChI is InChI=1S/C15H13NO3S/c1-20-12-7-3-10(4-8-12)2-5-11-6-9-13(15(18)19)14(17)16-11/h2-9H,1H3,(H,16,17)(H,18,19)/b5-2+. The van der Waals surface area contributed by atoms with Gasteiger partial charge >= 0.3 is 5.97 Å². The van der Waals surface area contributed by atoms with E-state index in [9.17, 15) is 9.59 Å². The zero-order chi connectivity index (χ0) is 14.5. The van der Waals surface area contributed by atoms with Crippen LogP contribution in [-0.2, 0) is 0 Å².